The summed E-state index contributed by atoms with van der Waals surface area (Å²) in [4.78, 5) is 12.1. The largest absolute Gasteiger partial charge is 0.493 e. The quantitative estimate of drug-likeness (QED) is 0.742. The fourth-order valence-corrected chi connectivity index (χ4v) is 2.78. The van der Waals surface area contributed by atoms with E-state index in [0.717, 1.165) is 27.1 Å². The average molecular weight is 404 g/mol. The van der Waals surface area contributed by atoms with E-state index >= 15 is 0 Å². The van der Waals surface area contributed by atoms with E-state index in [-0.39, 0.29) is 12.7 Å². The van der Waals surface area contributed by atoms with E-state index in [1.807, 2.05) is 43.3 Å². The predicted octanol–water partition coefficient (Wildman–Crippen LogP) is 3.91. The van der Waals surface area contributed by atoms with Crippen molar-refractivity contribution in [2.75, 3.05) is 13.4 Å². The molecule has 1 amide bonds. The van der Waals surface area contributed by atoms with Crippen LogP contribution < -0.4 is 19.5 Å². The van der Waals surface area contributed by atoms with Gasteiger partial charge in [-0.1, -0.05) is 22.0 Å². The van der Waals surface area contributed by atoms with Gasteiger partial charge in [0, 0.05) is 22.7 Å². The summed E-state index contributed by atoms with van der Waals surface area (Å²) in [5.74, 6) is 2.00. The van der Waals surface area contributed by atoms with Crippen LogP contribution in [0.3, 0.4) is 0 Å². The molecule has 3 rings (SSSR count). The highest BCUT2D eigenvalue weighted by Gasteiger charge is 2.13. The van der Waals surface area contributed by atoms with E-state index in [4.69, 9.17) is 14.2 Å². The van der Waals surface area contributed by atoms with Crippen molar-refractivity contribution in [3.05, 3.63) is 58.1 Å². The fourth-order valence-electron chi connectivity index (χ4n) is 2.40. The van der Waals surface area contributed by atoms with Gasteiger partial charge in [0.15, 0.2) is 11.5 Å². The third-order valence-electron chi connectivity index (χ3n) is 3.59. The summed E-state index contributed by atoms with van der Waals surface area (Å²) >= 11 is 3.43. The molecule has 0 saturated carbocycles. The minimum Gasteiger partial charge on any atom is -0.493 e. The molecule has 1 aliphatic rings. The maximum absolute atomic E-state index is 12.1. The number of rotatable bonds is 6. The molecule has 5 nitrogen and oxygen atoms in total. The van der Waals surface area contributed by atoms with Crippen LogP contribution in [-0.4, -0.2) is 19.3 Å². The number of ether oxygens (including phenoxy) is 3. The normalized spacial score (nSPS) is 12.4. The first kappa shape index (κ1) is 17.4. The van der Waals surface area contributed by atoms with Crippen molar-refractivity contribution in [3.63, 3.8) is 0 Å². The number of hydrogen-bond acceptors (Lipinski definition) is 4. The summed E-state index contributed by atoms with van der Waals surface area (Å²) in [5.41, 5.74) is 1.79. The van der Waals surface area contributed by atoms with Crippen LogP contribution in [0.25, 0.3) is 6.08 Å². The minimum absolute atomic E-state index is 0.180. The Morgan fingerprint density at radius 2 is 2.08 bits per heavy atom. The highest BCUT2D eigenvalue weighted by molar-refractivity contribution is 9.10. The van der Waals surface area contributed by atoms with Crippen molar-refractivity contribution in [2.45, 2.75) is 13.5 Å². The molecule has 0 fully saturated rings. The highest BCUT2D eigenvalue weighted by Crippen LogP contribution is 2.32. The number of hydrogen-bond donors (Lipinski definition) is 1. The molecule has 2 aromatic rings. The van der Waals surface area contributed by atoms with Crippen LogP contribution in [0.15, 0.2) is 46.9 Å². The van der Waals surface area contributed by atoms with Gasteiger partial charge < -0.3 is 19.5 Å². The first-order valence-electron chi connectivity index (χ1n) is 7.92. The molecule has 0 atom stereocenters. The van der Waals surface area contributed by atoms with Gasteiger partial charge >= 0.3 is 0 Å². The summed E-state index contributed by atoms with van der Waals surface area (Å²) in [7, 11) is 0. The van der Waals surface area contributed by atoms with Gasteiger partial charge in [-0.05, 0) is 48.9 Å². The second kappa shape index (κ2) is 8.07. The summed E-state index contributed by atoms with van der Waals surface area (Å²) in [5, 5.41) is 2.85. The predicted molar refractivity (Wildman–Crippen MR) is 98.8 cm³/mol. The number of fused-ring (bicyclic) bond motifs is 1. The molecule has 0 radical (unpaired) electrons. The van der Waals surface area contributed by atoms with Crippen LogP contribution in [-0.2, 0) is 11.3 Å². The van der Waals surface area contributed by atoms with Crippen molar-refractivity contribution in [3.8, 4) is 17.2 Å². The Hall–Kier alpha value is -2.47. The van der Waals surface area contributed by atoms with Crippen LogP contribution in [0.4, 0.5) is 0 Å². The summed E-state index contributed by atoms with van der Waals surface area (Å²) < 4.78 is 17.1. The second-order valence-electron chi connectivity index (χ2n) is 5.35. The average Bonchev–Trinajstić information content (AvgIpc) is 3.08. The molecule has 25 heavy (non-hydrogen) atoms. The Labute approximate surface area is 154 Å². The molecular formula is C19H18BrNO4. The maximum atomic E-state index is 12.1. The Balaban J connectivity index is 1.61. The van der Waals surface area contributed by atoms with Crippen molar-refractivity contribution < 1.29 is 19.0 Å². The zero-order valence-electron chi connectivity index (χ0n) is 13.8. The van der Waals surface area contributed by atoms with Gasteiger partial charge in [-0.3, -0.25) is 4.79 Å². The van der Waals surface area contributed by atoms with Gasteiger partial charge in [0.1, 0.15) is 5.75 Å². The zero-order valence-corrected chi connectivity index (χ0v) is 15.3. The number of benzene rings is 2. The van der Waals surface area contributed by atoms with Gasteiger partial charge in [-0.2, -0.15) is 0 Å². The van der Waals surface area contributed by atoms with Gasteiger partial charge in [-0.15, -0.1) is 0 Å². The lowest BCUT2D eigenvalue weighted by Crippen LogP contribution is -2.20. The van der Waals surface area contributed by atoms with E-state index in [1.54, 1.807) is 6.08 Å². The molecule has 0 bridgehead atoms. The molecule has 1 N–H and O–H groups in total. The third kappa shape index (κ3) is 4.54. The minimum atomic E-state index is -0.180. The molecule has 0 aliphatic carbocycles. The van der Waals surface area contributed by atoms with Gasteiger partial charge in [0.2, 0.25) is 12.7 Å². The Morgan fingerprint density at radius 1 is 1.24 bits per heavy atom. The molecule has 2 aromatic carbocycles. The molecule has 1 heterocycles. The second-order valence-corrected chi connectivity index (χ2v) is 6.27. The van der Waals surface area contributed by atoms with E-state index in [9.17, 15) is 4.79 Å². The van der Waals surface area contributed by atoms with E-state index in [1.165, 1.54) is 6.08 Å². The Morgan fingerprint density at radius 3 is 2.92 bits per heavy atom. The zero-order chi connectivity index (χ0) is 17.6. The van der Waals surface area contributed by atoms with Gasteiger partial charge in [-0.25, -0.2) is 0 Å². The van der Waals surface area contributed by atoms with E-state index < -0.39 is 0 Å². The fraction of sp³-hybridized carbons (Fsp3) is 0.211. The van der Waals surface area contributed by atoms with Crippen LogP contribution in [0.5, 0.6) is 17.2 Å². The van der Waals surface area contributed by atoms with Crippen molar-refractivity contribution in [1.82, 2.24) is 5.32 Å². The number of nitrogens with one attached hydrogen (secondary N) is 1. The maximum Gasteiger partial charge on any atom is 0.244 e. The number of halogens is 1. The smallest absolute Gasteiger partial charge is 0.244 e. The molecular weight excluding hydrogens is 386 g/mol. The topological polar surface area (TPSA) is 56.8 Å². The SMILES string of the molecule is CCOc1ccc(Br)cc1C=CC(=O)NCc1ccc2c(c1)OCO2. The molecule has 130 valence electrons. The van der Waals surface area contributed by atoms with Crippen LogP contribution in [0.1, 0.15) is 18.1 Å². The van der Waals surface area contributed by atoms with Crippen molar-refractivity contribution >= 4 is 27.9 Å². The molecule has 1 aliphatic heterocycles. The van der Waals surface area contributed by atoms with Crippen LogP contribution in [0.2, 0.25) is 0 Å². The molecule has 0 unspecified atom stereocenters. The molecule has 0 spiro atoms. The first-order chi connectivity index (χ1) is 12.2. The summed E-state index contributed by atoms with van der Waals surface area (Å²) in [6, 6.07) is 11.3. The lowest BCUT2D eigenvalue weighted by molar-refractivity contribution is -0.116. The first-order valence-corrected chi connectivity index (χ1v) is 8.72. The number of amides is 1. The lowest BCUT2D eigenvalue weighted by atomic mass is 10.2. The Bertz CT molecular complexity index is 804. The molecule has 6 heteroatoms. The van der Waals surface area contributed by atoms with E-state index in [2.05, 4.69) is 21.2 Å². The molecule has 0 saturated heterocycles. The summed E-state index contributed by atoms with van der Waals surface area (Å²) in [6.45, 7) is 3.14. The number of carbonyl (C=O) groups excluding carboxylic acids is 1. The standard InChI is InChI=1S/C19H18BrNO4/c1-2-23-16-7-5-15(20)10-14(16)4-8-19(22)21-11-13-3-6-17-18(9-13)25-12-24-17/h3-10H,2,11-12H2,1H3,(H,21,22). The Kier molecular flexibility index (Phi) is 5.60. The lowest BCUT2D eigenvalue weighted by Gasteiger charge is -2.07. The van der Waals surface area contributed by atoms with Gasteiger partial charge in [0.05, 0.1) is 6.61 Å². The summed E-state index contributed by atoms with van der Waals surface area (Å²) in [6.07, 6.45) is 3.24. The molecule has 0 aromatic heterocycles. The highest BCUT2D eigenvalue weighted by atomic mass is 79.9. The number of carbonyl (C=O) groups is 1. The third-order valence-corrected chi connectivity index (χ3v) is 4.08. The van der Waals surface area contributed by atoms with Crippen LogP contribution in [0, 0.1) is 0 Å². The van der Waals surface area contributed by atoms with Crippen molar-refractivity contribution in [1.29, 1.82) is 0 Å². The van der Waals surface area contributed by atoms with Crippen LogP contribution >= 0.6 is 15.9 Å². The van der Waals surface area contributed by atoms with E-state index in [0.29, 0.717) is 18.9 Å². The monoisotopic (exact) mass is 403 g/mol. The van der Waals surface area contributed by atoms with Gasteiger partial charge in [0.25, 0.3) is 0 Å². The van der Waals surface area contributed by atoms with Crippen molar-refractivity contribution in [2.24, 2.45) is 0 Å².